The number of carbonyl (C=O) groups is 1. The van der Waals surface area contributed by atoms with Crippen molar-refractivity contribution in [3.05, 3.63) is 63.6 Å². The first-order valence-corrected chi connectivity index (χ1v) is 10.7. The molecule has 0 fully saturated rings. The number of sulfonamides is 1. The molecule has 2 aromatic carbocycles. The predicted molar refractivity (Wildman–Crippen MR) is 107 cm³/mol. The molecule has 3 rings (SSSR count). The van der Waals surface area contributed by atoms with E-state index in [1.807, 2.05) is 12.1 Å². The molecule has 0 bridgehead atoms. The van der Waals surface area contributed by atoms with Crippen LogP contribution in [0.5, 0.6) is 0 Å². The molecule has 0 aliphatic rings. The van der Waals surface area contributed by atoms with Crippen LogP contribution in [-0.4, -0.2) is 32.1 Å². The molecule has 0 radical (unpaired) electrons. The zero-order chi connectivity index (χ0) is 21.0. The molecule has 1 N–H and O–H groups in total. The van der Waals surface area contributed by atoms with Crippen LogP contribution in [0.15, 0.2) is 56.6 Å². The molecule has 154 valence electrons. The van der Waals surface area contributed by atoms with Crippen LogP contribution in [0.25, 0.3) is 11.1 Å². The maximum Gasteiger partial charge on any atom is 0.420 e. The first-order valence-electron chi connectivity index (χ1n) is 8.83. The molecule has 29 heavy (non-hydrogen) atoms. The number of rotatable bonds is 8. The Hall–Kier alpha value is -2.62. The van der Waals surface area contributed by atoms with Crippen LogP contribution < -0.4 is 10.5 Å². The minimum absolute atomic E-state index is 0.0434. The predicted octanol–water partition coefficient (Wildman–Crippen LogP) is 2.33. The van der Waals surface area contributed by atoms with E-state index in [0.717, 1.165) is 10.1 Å². The lowest BCUT2D eigenvalue weighted by Crippen LogP contribution is -2.26. The molecule has 3 aromatic rings. The number of nitrogens with zero attached hydrogens (tertiary/aromatic N) is 1. The number of ether oxygens (including phenoxy) is 1. The number of aromatic nitrogens is 1. The maximum absolute atomic E-state index is 12.5. The van der Waals surface area contributed by atoms with E-state index in [9.17, 15) is 18.0 Å². The molecular formula is C19H19ClN2O6S. The Kier molecular flexibility index (Phi) is 6.41. The fourth-order valence-corrected chi connectivity index (χ4v) is 3.94. The van der Waals surface area contributed by atoms with Gasteiger partial charge in [0.2, 0.25) is 10.0 Å². The first-order chi connectivity index (χ1) is 13.8. The molecule has 0 saturated heterocycles. The monoisotopic (exact) mass is 438 g/mol. The van der Waals surface area contributed by atoms with E-state index in [0.29, 0.717) is 17.0 Å². The van der Waals surface area contributed by atoms with Crippen molar-refractivity contribution in [1.82, 2.24) is 9.29 Å². The average molecular weight is 439 g/mol. The van der Waals surface area contributed by atoms with Crippen molar-refractivity contribution < 1.29 is 22.4 Å². The van der Waals surface area contributed by atoms with Crippen LogP contribution in [0, 0.1) is 0 Å². The molecule has 0 saturated carbocycles. The molecule has 0 unspecified atom stereocenters. The van der Waals surface area contributed by atoms with Gasteiger partial charge in [0.15, 0.2) is 5.58 Å². The van der Waals surface area contributed by atoms with Gasteiger partial charge < -0.3 is 9.15 Å². The van der Waals surface area contributed by atoms with Crippen molar-refractivity contribution in [3.8, 4) is 0 Å². The lowest BCUT2D eigenvalue weighted by Gasteiger charge is -2.07. The number of esters is 1. The molecule has 10 heteroatoms. The van der Waals surface area contributed by atoms with Gasteiger partial charge in [-0.2, -0.15) is 0 Å². The molecule has 8 nitrogen and oxygen atoms in total. The van der Waals surface area contributed by atoms with Gasteiger partial charge in [0.1, 0.15) is 6.54 Å². The van der Waals surface area contributed by atoms with Crippen LogP contribution in [0.4, 0.5) is 0 Å². The van der Waals surface area contributed by atoms with Gasteiger partial charge in [-0.05, 0) is 43.2 Å². The van der Waals surface area contributed by atoms with Crippen LogP contribution in [0.2, 0.25) is 5.02 Å². The Morgan fingerprint density at radius 1 is 1.21 bits per heavy atom. The van der Waals surface area contributed by atoms with Crippen LogP contribution >= 0.6 is 11.6 Å². The van der Waals surface area contributed by atoms with Crippen LogP contribution in [0.1, 0.15) is 12.5 Å². The summed E-state index contributed by atoms with van der Waals surface area (Å²) in [4.78, 5) is 23.6. The highest BCUT2D eigenvalue weighted by Gasteiger charge is 2.18. The second-order valence-electron chi connectivity index (χ2n) is 6.16. The maximum atomic E-state index is 12.5. The van der Waals surface area contributed by atoms with Gasteiger partial charge in [-0.1, -0.05) is 23.7 Å². The standard InChI is InChI=1S/C19H19ClN2O6S/c1-2-27-18(23)12-22-16-8-7-15(11-17(16)28-19(22)24)29(25,26)21-10-9-13-3-5-14(20)6-4-13/h3-8,11,21H,2,9-10,12H2,1H3. The Balaban J connectivity index is 1.75. The summed E-state index contributed by atoms with van der Waals surface area (Å²) in [5, 5.41) is 0.610. The van der Waals surface area contributed by atoms with E-state index in [-0.39, 0.29) is 30.2 Å². The summed E-state index contributed by atoms with van der Waals surface area (Å²) in [6.45, 7) is 1.72. The van der Waals surface area contributed by atoms with Gasteiger partial charge in [-0.25, -0.2) is 17.9 Å². The van der Waals surface area contributed by atoms with Gasteiger partial charge in [0.25, 0.3) is 0 Å². The number of nitrogens with one attached hydrogen (secondary N) is 1. The zero-order valence-corrected chi connectivity index (χ0v) is 17.1. The van der Waals surface area contributed by atoms with Crippen molar-refractivity contribution >= 4 is 38.7 Å². The topological polar surface area (TPSA) is 108 Å². The van der Waals surface area contributed by atoms with Gasteiger partial charge in [-0.15, -0.1) is 0 Å². The van der Waals surface area contributed by atoms with Crippen molar-refractivity contribution in [2.45, 2.75) is 24.8 Å². The lowest BCUT2D eigenvalue weighted by atomic mass is 10.2. The van der Waals surface area contributed by atoms with Crippen LogP contribution in [-0.2, 0) is 32.5 Å². The fourth-order valence-electron chi connectivity index (χ4n) is 2.76. The average Bonchev–Trinajstić information content (AvgIpc) is 2.98. The van der Waals surface area contributed by atoms with Crippen molar-refractivity contribution in [3.63, 3.8) is 0 Å². The number of benzene rings is 2. The molecule has 1 heterocycles. The van der Waals surface area contributed by atoms with Gasteiger partial charge >= 0.3 is 11.7 Å². The van der Waals surface area contributed by atoms with E-state index in [1.54, 1.807) is 19.1 Å². The third-order valence-electron chi connectivity index (χ3n) is 4.16. The van der Waals surface area contributed by atoms with E-state index in [2.05, 4.69) is 4.72 Å². The third kappa shape index (κ3) is 5.06. The number of hydrogen-bond acceptors (Lipinski definition) is 6. The van der Waals surface area contributed by atoms with Gasteiger partial charge in [-0.3, -0.25) is 9.36 Å². The van der Waals surface area contributed by atoms with Crippen molar-refractivity contribution in [1.29, 1.82) is 0 Å². The molecule has 0 spiro atoms. The molecular weight excluding hydrogens is 420 g/mol. The summed E-state index contributed by atoms with van der Waals surface area (Å²) in [6, 6.07) is 11.2. The second kappa shape index (κ2) is 8.81. The van der Waals surface area contributed by atoms with Gasteiger partial charge in [0.05, 0.1) is 17.0 Å². The number of fused-ring (bicyclic) bond motifs is 1. The van der Waals surface area contributed by atoms with E-state index in [4.69, 9.17) is 20.8 Å². The third-order valence-corrected chi connectivity index (χ3v) is 5.87. The van der Waals surface area contributed by atoms with E-state index < -0.39 is 21.7 Å². The fraction of sp³-hybridized carbons (Fsp3) is 0.263. The summed E-state index contributed by atoms with van der Waals surface area (Å²) in [5.41, 5.74) is 1.32. The lowest BCUT2D eigenvalue weighted by molar-refractivity contribution is -0.143. The number of halogens is 1. The van der Waals surface area contributed by atoms with Crippen LogP contribution in [0.3, 0.4) is 0 Å². The molecule has 0 aliphatic heterocycles. The molecule has 0 amide bonds. The molecule has 0 atom stereocenters. The highest BCUT2D eigenvalue weighted by molar-refractivity contribution is 7.89. The van der Waals surface area contributed by atoms with E-state index in [1.165, 1.54) is 18.2 Å². The van der Waals surface area contributed by atoms with Crippen molar-refractivity contribution in [2.24, 2.45) is 0 Å². The first kappa shape index (κ1) is 21.1. The SMILES string of the molecule is CCOC(=O)Cn1c(=O)oc2cc(S(=O)(=O)NCCc3ccc(Cl)cc3)ccc21. The minimum atomic E-state index is -3.80. The quantitative estimate of drug-likeness (QED) is 0.541. The number of oxazole rings is 1. The number of carbonyl (C=O) groups excluding carboxylic acids is 1. The molecule has 0 aliphatic carbocycles. The smallest absolute Gasteiger partial charge is 0.420 e. The largest absolute Gasteiger partial charge is 0.465 e. The summed E-state index contributed by atoms with van der Waals surface area (Å²) in [7, 11) is -3.80. The summed E-state index contributed by atoms with van der Waals surface area (Å²) in [6.07, 6.45) is 0.490. The summed E-state index contributed by atoms with van der Waals surface area (Å²) >= 11 is 5.83. The Labute approximate surface area is 172 Å². The van der Waals surface area contributed by atoms with Crippen molar-refractivity contribution in [2.75, 3.05) is 13.2 Å². The summed E-state index contributed by atoms with van der Waals surface area (Å²) < 4.78 is 38.6. The highest BCUT2D eigenvalue weighted by atomic mass is 35.5. The number of hydrogen-bond donors (Lipinski definition) is 1. The van der Waals surface area contributed by atoms with Gasteiger partial charge in [0, 0.05) is 17.6 Å². The highest BCUT2D eigenvalue weighted by Crippen LogP contribution is 2.19. The zero-order valence-electron chi connectivity index (χ0n) is 15.6. The normalized spacial score (nSPS) is 11.7. The van der Waals surface area contributed by atoms with E-state index >= 15 is 0 Å². The second-order valence-corrected chi connectivity index (χ2v) is 8.37. The Morgan fingerprint density at radius 3 is 2.62 bits per heavy atom. The molecule has 1 aromatic heterocycles. The Bertz CT molecular complexity index is 1180. The Morgan fingerprint density at radius 2 is 1.93 bits per heavy atom. The summed E-state index contributed by atoms with van der Waals surface area (Å²) in [5.74, 6) is -1.35. The minimum Gasteiger partial charge on any atom is -0.465 e.